The van der Waals surface area contributed by atoms with Gasteiger partial charge in [-0.2, -0.15) is 4.68 Å². The smallest absolute Gasteiger partial charge is 0.296 e. The highest BCUT2D eigenvalue weighted by Gasteiger charge is 2.18. The molecule has 0 fully saturated rings. The molecule has 0 aliphatic carbocycles. The minimum atomic E-state index is -0.138. The van der Waals surface area contributed by atoms with E-state index < -0.39 is 0 Å². The van der Waals surface area contributed by atoms with Crippen LogP contribution in [0.2, 0.25) is 0 Å². The molecule has 0 aliphatic heterocycles. The highest BCUT2D eigenvalue weighted by molar-refractivity contribution is 5.74. The minimum Gasteiger partial charge on any atom is -0.296 e. The second-order valence-electron chi connectivity index (χ2n) is 7.28. The number of carbonyl (C=O) groups excluding carboxylic acids is 1. The normalized spacial score (nSPS) is 11.0. The van der Waals surface area contributed by atoms with Crippen molar-refractivity contribution in [2.45, 2.75) is 39.8 Å². The van der Waals surface area contributed by atoms with Gasteiger partial charge in [-0.15, -0.1) is 5.10 Å². The van der Waals surface area contributed by atoms with Crippen LogP contribution in [0.5, 0.6) is 0 Å². The molecule has 2 aromatic heterocycles. The Morgan fingerprint density at radius 3 is 2.42 bits per heavy atom. The van der Waals surface area contributed by atoms with Gasteiger partial charge >= 0.3 is 5.69 Å². The Morgan fingerprint density at radius 2 is 1.77 bits per heavy atom. The van der Waals surface area contributed by atoms with E-state index >= 15 is 0 Å². The summed E-state index contributed by atoms with van der Waals surface area (Å²) in [6.45, 7) is 4.83. The monoisotopic (exact) mass is 416 g/mol. The molecular formula is C23H24N6O2. The van der Waals surface area contributed by atoms with Crippen molar-refractivity contribution in [3.05, 3.63) is 82.3 Å². The van der Waals surface area contributed by atoms with Crippen molar-refractivity contribution in [3.8, 4) is 16.8 Å². The summed E-state index contributed by atoms with van der Waals surface area (Å²) in [5, 5.41) is 11.4. The fourth-order valence-corrected chi connectivity index (χ4v) is 3.92. The molecule has 0 aliphatic rings. The molecule has 8 heteroatoms. The summed E-state index contributed by atoms with van der Waals surface area (Å²) < 4.78 is 4.91. The molecular weight excluding hydrogens is 392 g/mol. The van der Waals surface area contributed by atoms with Gasteiger partial charge in [0.05, 0.1) is 17.9 Å². The minimum absolute atomic E-state index is 0.138. The van der Waals surface area contributed by atoms with Crippen LogP contribution in [0.25, 0.3) is 16.8 Å². The van der Waals surface area contributed by atoms with Crippen LogP contribution in [-0.2, 0) is 19.5 Å². The zero-order valence-corrected chi connectivity index (χ0v) is 17.6. The highest BCUT2D eigenvalue weighted by atomic mass is 16.2. The van der Waals surface area contributed by atoms with Crippen LogP contribution in [0, 0.1) is 0 Å². The van der Waals surface area contributed by atoms with Crippen LogP contribution in [0.3, 0.4) is 0 Å². The second kappa shape index (κ2) is 8.91. The maximum atomic E-state index is 12.9. The molecule has 0 amide bonds. The number of aldehydes is 1. The van der Waals surface area contributed by atoms with Crippen LogP contribution in [0.4, 0.5) is 0 Å². The molecule has 8 nitrogen and oxygen atoms in total. The molecule has 31 heavy (non-hydrogen) atoms. The largest absolute Gasteiger partial charge is 0.329 e. The average molecular weight is 416 g/mol. The molecule has 0 spiro atoms. The van der Waals surface area contributed by atoms with Gasteiger partial charge in [0.25, 0.3) is 0 Å². The Bertz CT molecular complexity index is 1240. The lowest BCUT2D eigenvalue weighted by molar-refractivity contribution is 0.111. The van der Waals surface area contributed by atoms with E-state index in [1.165, 1.54) is 0 Å². The van der Waals surface area contributed by atoms with Crippen molar-refractivity contribution in [3.63, 3.8) is 0 Å². The quantitative estimate of drug-likeness (QED) is 0.412. The number of nitrogens with zero attached hydrogens (tertiary/aromatic N) is 6. The molecule has 4 aromatic rings. The number of carbonyl (C=O) groups is 1. The van der Waals surface area contributed by atoms with Crippen LogP contribution >= 0.6 is 0 Å². The predicted molar refractivity (Wildman–Crippen MR) is 117 cm³/mol. The Kier molecular flexibility index (Phi) is 5.88. The van der Waals surface area contributed by atoms with Gasteiger partial charge < -0.3 is 0 Å². The summed E-state index contributed by atoms with van der Waals surface area (Å²) in [5.74, 6) is 0. The molecule has 4 rings (SSSR count). The van der Waals surface area contributed by atoms with Crippen LogP contribution < -0.4 is 5.69 Å². The number of tetrazole rings is 1. The molecule has 0 saturated carbocycles. The van der Waals surface area contributed by atoms with Gasteiger partial charge in [-0.05, 0) is 41.0 Å². The lowest BCUT2D eigenvalue weighted by Crippen LogP contribution is -2.25. The summed E-state index contributed by atoms with van der Waals surface area (Å²) in [6.07, 6.45) is 3.91. The van der Waals surface area contributed by atoms with Crippen molar-refractivity contribution < 1.29 is 4.79 Å². The highest BCUT2D eigenvalue weighted by Crippen LogP contribution is 2.26. The van der Waals surface area contributed by atoms with Gasteiger partial charge in [0.15, 0.2) is 6.29 Å². The second-order valence-corrected chi connectivity index (χ2v) is 7.28. The third kappa shape index (κ3) is 3.84. The number of imidazole rings is 1. The van der Waals surface area contributed by atoms with E-state index in [-0.39, 0.29) is 5.69 Å². The number of rotatable bonds is 8. The van der Waals surface area contributed by atoms with Gasteiger partial charge in [0, 0.05) is 12.1 Å². The molecule has 0 saturated heterocycles. The van der Waals surface area contributed by atoms with Gasteiger partial charge in [-0.25, -0.2) is 4.79 Å². The van der Waals surface area contributed by atoms with Gasteiger partial charge in [-0.3, -0.25) is 13.9 Å². The Balaban J connectivity index is 1.68. The number of hydrogen-bond acceptors (Lipinski definition) is 5. The van der Waals surface area contributed by atoms with Gasteiger partial charge in [-0.1, -0.05) is 55.8 Å². The summed E-state index contributed by atoms with van der Waals surface area (Å²) in [6, 6.07) is 16.0. The summed E-state index contributed by atoms with van der Waals surface area (Å²) in [5.41, 5.74) is 5.06. The number of aromatic nitrogens is 6. The van der Waals surface area contributed by atoms with Crippen LogP contribution in [0.15, 0.2) is 59.7 Å². The van der Waals surface area contributed by atoms with E-state index in [1.54, 1.807) is 20.1 Å². The number of para-hydroxylation sites is 1. The topological polar surface area (TPSA) is 87.6 Å². The zero-order chi connectivity index (χ0) is 21.8. The molecule has 0 unspecified atom stereocenters. The first-order chi connectivity index (χ1) is 15.2. The molecule has 0 bridgehead atoms. The molecule has 0 radical (unpaired) electrons. The van der Waals surface area contributed by atoms with Crippen molar-refractivity contribution in [2.75, 3.05) is 0 Å². The van der Waals surface area contributed by atoms with Crippen LogP contribution in [-0.4, -0.2) is 35.6 Å². The number of hydrogen-bond donors (Lipinski definition) is 0. The number of benzene rings is 2. The van der Waals surface area contributed by atoms with E-state index in [2.05, 4.69) is 15.5 Å². The Morgan fingerprint density at radius 1 is 1.00 bits per heavy atom. The van der Waals surface area contributed by atoms with E-state index in [9.17, 15) is 9.59 Å². The van der Waals surface area contributed by atoms with E-state index in [1.807, 2.05) is 62.4 Å². The lowest BCUT2D eigenvalue weighted by Gasteiger charge is -2.11. The average Bonchev–Trinajstić information content (AvgIpc) is 3.42. The van der Waals surface area contributed by atoms with E-state index in [4.69, 9.17) is 0 Å². The molecule has 0 N–H and O–H groups in total. The lowest BCUT2D eigenvalue weighted by atomic mass is 10.0. The maximum absolute atomic E-state index is 12.9. The standard InChI is InChI=1S/C23H24N6O2/c1-3-7-21-22(15-30)27(4-2)23(31)28(21)14-17-10-12-18(13-11-17)19-8-5-6-9-20(19)29-16-24-25-26-29/h5-6,8-13,15-16H,3-4,7,14H2,1-2H3. The van der Waals surface area contributed by atoms with Crippen molar-refractivity contribution >= 4 is 6.29 Å². The van der Waals surface area contributed by atoms with Crippen molar-refractivity contribution in [2.24, 2.45) is 0 Å². The maximum Gasteiger partial charge on any atom is 0.329 e. The summed E-state index contributed by atoms with van der Waals surface area (Å²) >= 11 is 0. The van der Waals surface area contributed by atoms with Gasteiger partial charge in [0.1, 0.15) is 12.0 Å². The molecule has 2 aromatic carbocycles. The first-order valence-electron chi connectivity index (χ1n) is 10.4. The van der Waals surface area contributed by atoms with Gasteiger partial charge in [0.2, 0.25) is 0 Å². The molecule has 2 heterocycles. The third-order valence-electron chi connectivity index (χ3n) is 5.39. The van der Waals surface area contributed by atoms with Crippen LogP contribution in [0.1, 0.15) is 42.0 Å². The summed E-state index contributed by atoms with van der Waals surface area (Å²) in [7, 11) is 0. The van der Waals surface area contributed by atoms with Crippen molar-refractivity contribution in [1.82, 2.24) is 29.3 Å². The SMILES string of the molecule is CCCc1c(C=O)n(CC)c(=O)n1Cc1ccc(-c2ccccc2-n2cnnn2)cc1. The molecule has 0 atom stereocenters. The third-order valence-corrected chi connectivity index (χ3v) is 5.39. The fraction of sp³-hybridized carbons (Fsp3) is 0.261. The first kappa shape index (κ1) is 20.5. The first-order valence-corrected chi connectivity index (χ1v) is 10.4. The fourth-order valence-electron chi connectivity index (χ4n) is 3.92. The Labute approximate surface area is 179 Å². The molecule has 158 valence electrons. The Hall–Kier alpha value is -3.81. The van der Waals surface area contributed by atoms with Crippen molar-refractivity contribution in [1.29, 1.82) is 0 Å². The van der Waals surface area contributed by atoms with E-state index in [0.29, 0.717) is 25.2 Å². The van der Waals surface area contributed by atoms with E-state index in [0.717, 1.165) is 40.8 Å². The predicted octanol–water partition coefficient (Wildman–Crippen LogP) is 3.13. The zero-order valence-electron chi connectivity index (χ0n) is 17.6. The summed E-state index contributed by atoms with van der Waals surface area (Å²) in [4.78, 5) is 24.5.